The number of aromatic nitrogens is 2. The van der Waals surface area contributed by atoms with Crippen LogP contribution in [0.2, 0.25) is 5.02 Å². The molecule has 0 atom stereocenters. The number of hydrogen-bond donors (Lipinski definition) is 2. The van der Waals surface area contributed by atoms with E-state index in [1.807, 2.05) is 56.3 Å². The van der Waals surface area contributed by atoms with Crippen molar-refractivity contribution in [1.29, 1.82) is 0 Å². The zero-order valence-electron chi connectivity index (χ0n) is 14.6. The van der Waals surface area contributed by atoms with Crippen molar-refractivity contribution in [3.63, 3.8) is 0 Å². The third-order valence-electron chi connectivity index (χ3n) is 3.93. The monoisotopic (exact) mass is 366 g/mol. The largest absolute Gasteiger partial charge is 0.365 e. The molecule has 0 unspecified atom stereocenters. The zero-order chi connectivity index (χ0) is 18.5. The Labute approximate surface area is 157 Å². The Morgan fingerprint density at radius 3 is 2.58 bits per heavy atom. The topological polar surface area (TPSA) is 66.9 Å². The molecule has 26 heavy (non-hydrogen) atoms. The Bertz CT molecular complexity index is 925. The van der Waals surface area contributed by atoms with Gasteiger partial charge >= 0.3 is 0 Å². The van der Waals surface area contributed by atoms with Crippen LogP contribution in [0.15, 0.2) is 54.9 Å². The fourth-order valence-corrected chi connectivity index (χ4v) is 2.71. The average Bonchev–Trinajstić information content (AvgIpc) is 2.64. The molecule has 0 bridgehead atoms. The number of nitrogens with one attached hydrogen (secondary N) is 2. The summed E-state index contributed by atoms with van der Waals surface area (Å²) in [6.45, 7) is 4.50. The fraction of sp³-hybridized carbons (Fsp3) is 0.150. The van der Waals surface area contributed by atoms with Crippen LogP contribution in [0.4, 0.5) is 11.5 Å². The van der Waals surface area contributed by atoms with Crippen molar-refractivity contribution >= 4 is 29.0 Å². The summed E-state index contributed by atoms with van der Waals surface area (Å²) >= 11 is 6.13. The lowest BCUT2D eigenvalue weighted by atomic mass is 10.1. The summed E-state index contributed by atoms with van der Waals surface area (Å²) in [4.78, 5) is 20.8. The van der Waals surface area contributed by atoms with Gasteiger partial charge in [0.05, 0.1) is 12.4 Å². The number of benzene rings is 2. The number of anilines is 2. The van der Waals surface area contributed by atoms with E-state index in [1.165, 1.54) is 12.4 Å². The van der Waals surface area contributed by atoms with Crippen LogP contribution in [0.3, 0.4) is 0 Å². The molecule has 5 nitrogen and oxygen atoms in total. The molecule has 1 amide bonds. The molecule has 3 rings (SSSR count). The van der Waals surface area contributed by atoms with Crippen molar-refractivity contribution in [3.8, 4) is 0 Å². The van der Waals surface area contributed by atoms with Gasteiger partial charge in [-0.25, -0.2) is 9.97 Å². The first-order valence-corrected chi connectivity index (χ1v) is 8.58. The van der Waals surface area contributed by atoms with Gasteiger partial charge in [0.15, 0.2) is 0 Å². The molecule has 0 aliphatic heterocycles. The summed E-state index contributed by atoms with van der Waals surface area (Å²) in [5.74, 6) is 0.287. The summed E-state index contributed by atoms with van der Waals surface area (Å²) in [7, 11) is 0. The molecular weight excluding hydrogens is 348 g/mol. The van der Waals surface area contributed by atoms with Crippen LogP contribution < -0.4 is 10.6 Å². The van der Waals surface area contributed by atoms with Gasteiger partial charge in [-0.1, -0.05) is 47.5 Å². The van der Waals surface area contributed by atoms with E-state index in [0.29, 0.717) is 17.4 Å². The number of amides is 1. The Balaban J connectivity index is 1.63. The summed E-state index contributed by atoms with van der Waals surface area (Å²) < 4.78 is 0. The highest BCUT2D eigenvalue weighted by molar-refractivity contribution is 6.31. The van der Waals surface area contributed by atoms with Crippen LogP contribution in [-0.4, -0.2) is 15.9 Å². The highest BCUT2D eigenvalue weighted by atomic mass is 35.5. The normalized spacial score (nSPS) is 10.4. The van der Waals surface area contributed by atoms with Crippen LogP contribution in [-0.2, 0) is 6.54 Å². The van der Waals surface area contributed by atoms with Gasteiger partial charge in [-0.2, -0.15) is 0 Å². The maximum absolute atomic E-state index is 12.3. The van der Waals surface area contributed by atoms with Crippen LogP contribution in [0.25, 0.3) is 0 Å². The van der Waals surface area contributed by atoms with Gasteiger partial charge in [0.2, 0.25) is 0 Å². The summed E-state index contributed by atoms with van der Waals surface area (Å²) in [5, 5.41) is 6.69. The summed E-state index contributed by atoms with van der Waals surface area (Å²) in [6, 6.07) is 13.4. The fourth-order valence-electron chi connectivity index (χ4n) is 2.50. The second-order valence-corrected chi connectivity index (χ2v) is 6.41. The van der Waals surface area contributed by atoms with Crippen molar-refractivity contribution < 1.29 is 4.79 Å². The quantitative estimate of drug-likeness (QED) is 0.691. The molecular formula is C20H19ClN4O. The first-order valence-electron chi connectivity index (χ1n) is 8.21. The maximum atomic E-state index is 12.3. The number of rotatable bonds is 5. The van der Waals surface area contributed by atoms with Gasteiger partial charge in [0.1, 0.15) is 11.5 Å². The molecule has 0 fully saturated rings. The smallest absolute Gasteiger partial charge is 0.275 e. The number of aryl methyl sites for hydroxylation is 2. The molecule has 0 aliphatic rings. The summed E-state index contributed by atoms with van der Waals surface area (Å²) in [5.41, 5.74) is 4.14. The van der Waals surface area contributed by atoms with Crippen LogP contribution in [0, 0.1) is 13.8 Å². The Morgan fingerprint density at radius 1 is 1.08 bits per heavy atom. The van der Waals surface area contributed by atoms with Gasteiger partial charge in [0.25, 0.3) is 5.91 Å². The van der Waals surface area contributed by atoms with Gasteiger partial charge in [0, 0.05) is 17.3 Å². The van der Waals surface area contributed by atoms with Crippen molar-refractivity contribution in [2.24, 2.45) is 0 Å². The van der Waals surface area contributed by atoms with Crippen LogP contribution in [0.1, 0.15) is 27.2 Å². The highest BCUT2D eigenvalue weighted by Gasteiger charge is 2.10. The molecule has 0 aliphatic carbocycles. The average molecular weight is 367 g/mol. The second kappa shape index (κ2) is 7.97. The first-order chi connectivity index (χ1) is 12.5. The highest BCUT2D eigenvalue weighted by Crippen LogP contribution is 2.18. The lowest BCUT2D eigenvalue weighted by molar-refractivity contribution is 0.102. The van der Waals surface area contributed by atoms with E-state index in [4.69, 9.17) is 11.6 Å². The van der Waals surface area contributed by atoms with E-state index in [9.17, 15) is 4.79 Å². The van der Waals surface area contributed by atoms with Gasteiger partial charge in [-0.05, 0) is 37.1 Å². The molecule has 0 saturated carbocycles. The van der Waals surface area contributed by atoms with E-state index < -0.39 is 0 Å². The third kappa shape index (κ3) is 4.37. The van der Waals surface area contributed by atoms with Crippen molar-refractivity contribution in [3.05, 3.63) is 82.3 Å². The third-order valence-corrected chi connectivity index (χ3v) is 4.30. The first kappa shape index (κ1) is 17.9. The predicted molar refractivity (Wildman–Crippen MR) is 105 cm³/mol. The molecule has 0 radical (unpaired) electrons. The number of hydrogen-bond acceptors (Lipinski definition) is 4. The Morgan fingerprint density at radius 2 is 1.88 bits per heavy atom. The lowest BCUT2D eigenvalue weighted by Crippen LogP contribution is -2.15. The lowest BCUT2D eigenvalue weighted by Gasteiger charge is -2.10. The predicted octanol–water partition coefficient (Wildman–Crippen LogP) is 4.61. The van der Waals surface area contributed by atoms with E-state index in [1.54, 1.807) is 0 Å². The Hall–Kier alpha value is -2.92. The van der Waals surface area contributed by atoms with Crippen LogP contribution in [0.5, 0.6) is 0 Å². The molecule has 2 N–H and O–H groups in total. The van der Waals surface area contributed by atoms with Crippen molar-refractivity contribution in [1.82, 2.24) is 9.97 Å². The minimum absolute atomic E-state index is 0.258. The molecule has 1 aromatic heterocycles. The SMILES string of the molecule is Cc1ccc(NC(=O)c2cnc(NCc3ccccc3Cl)cn2)c(C)c1. The molecule has 6 heteroatoms. The molecule has 0 saturated heterocycles. The minimum Gasteiger partial charge on any atom is -0.365 e. The summed E-state index contributed by atoms with van der Waals surface area (Å²) in [6.07, 6.45) is 2.99. The van der Waals surface area contributed by atoms with E-state index in [2.05, 4.69) is 20.6 Å². The number of nitrogens with zero attached hydrogens (tertiary/aromatic N) is 2. The van der Waals surface area contributed by atoms with Crippen molar-refractivity contribution in [2.45, 2.75) is 20.4 Å². The van der Waals surface area contributed by atoms with Gasteiger partial charge in [-0.3, -0.25) is 4.79 Å². The van der Waals surface area contributed by atoms with Gasteiger partial charge < -0.3 is 10.6 Å². The maximum Gasteiger partial charge on any atom is 0.275 e. The van der Waals surface area contributed by atoms with Gasteiger partial charge in [-0.15, -0.1) is 0 Å². The van der Waals surface area contributed by atoms with Crippen LogP contribution >= 0.6 is 11.6 Å². The molecule has 3 aromatic rings. The standard InChI is InChI=1S/C20H19ClN4O/c1-13-7-8-17(14(2)9-13)25-20(26)18-11-24-19(12-22-18)23-10-15-5-3-4-6-16(15)21/h3-9,11-12H,10H2,1-2H3,(H,23,24)(H,25,26). The minimum atomic E-state index is -0.290. The number of carbonyl (C=O) groups is 1. The molecule has 2 aromatic carbocycles. The number of halogens is 1. The van der Waals surface area contributed by atoms with E-state index in [0.717, 1.165) is 22.4 Å². The molecule has 132 valence electrons. The second-order valence-electron chi connectivity index (χ2n) is 6.00. The van der Waals surface area contributed by atoms with E-state index in [-0.39, 0.29) is 11.6 Å². The zero-order valence-corrected chi connectivity index (χ0v) is 15.3. The Kier molecular flexibility index (Phi) is 5.49. The van der Waals surface area contributed by atoms with Crippen molar-refractivity contribution in [2.75, 3.05) is 10.6 Å². The van der Waals surface area contributed by atoms with E-state index >= 15 is 0 Å². The number of carbonyl (C=O) groups excluding carboxylic acids is 1. The molecule has 1 heterocycles. The molecule has 0 spiro atoms.